The molecule has 1 saturated heterocycles. The van der Waals surface area contributed by atoms with Gasteiger partial charge in [-0.1, -0.05) is 50.9 Å². The third-order valence-corrected chi connectivity index (χ3v) is 7.40. The Bertz CT molecular complexity index is 1300. The van der Waals surface area contributed by atoms with E-state index in [-0.39, 0.29) is 29.5 Å². The van der Waals surface area contributed by atoms with Gasteiger partial charge in [0.25, 0.3) is 5.91 Å². The summed E-state index contributed by atoms with van der Waals surface area (Å²) in [5.74, 6) is -0.313. The predicted octanol–water partition coefficient (Wildman–Crippen LogP) is 6.09. The van der Waals surface area contributed by atoms with Crippen molar-refractivity contribution in [3.8, 4) is 6.07 Å². The highest BCUT2D eigenvalue weighted by atomic mass is 79.9. The van der Waals surface area contributed by atoms with Crippen LogP contribution in [-0.2, 0) is 22.6 Å². The molecule has 10 heteroatoms. The molecule has 1 atom stereocenters. The molecule has 2 aromatic carbocycles. The Morgan fingerprint density at radius 3 is 2.65 bits per heavy atom. The fourth-order valence-electron chi connectivity index (χ4n) is 3.38. The summed E-state index contributed by atoms with van der Waals surface area (Å²) in [6.07, 6.45) is 1.78. The lowest BCUT2D eigenvalue weighted by Crippen LogP contribution is -2.32. The quantitative estimate of drug-likeness (QED) is 0.283. The summed E-state index contributed by atoms with van der Waals surface area (Å²) in [5, 5.41) is 13.2. The first-order chi connectivity index (χ1) is 16.4. The monoisotopic (exact) mass is 575 g/mol. The van der Waals surface area contributed by atoms with E-state index in [1.54, 1.807) is 54.6 Å². The van der Waals surface area contributed by atoms with Gasteiger partial charge in [-0.2, -0.15) is 5.26 Å². The maximum atomic E-state index is 13.5. The van der Waals surface area contributed by atoms with Crippen molar-refractivity contribution < 1.29 is 14.0 Å². The molecule has 0 saturated carbocycles. The van der Waals surface area contributed by atoms with E-state index in [1.807, 2.05) is 6.07 Å². The van der Waals surface area contributed by atoms with Gasteiger partial charge in [0.05, 0.1) is 18.1 Å². The highest BCUT2D eigenvalue weighted by molar-refractivity contribution is 9.10. The first-order valence-corrected chi connectivity index (χ1v) is 12.5. The fraction of sp³-hybridized carbons (Fsp3) is 0.125. The van der Waals surface area contributed by atoms with Crippen molar-refractivity contribution in [3.05, 3.63) is 97.3 Å². The van der Waals surface area contributed by atoms with E-state index >= 15 is 0 Å². The number of halogens is 3. The van der Waals surface area contributed by atoms with Crippen LogP contribution in [0.1, 0.15) is 11.3 Å². The average molecular weight is 577 g/mol. The number of benzene rings is 2. The molecule has 0 spiro atoms. The summed E-state index contributed by atoms with van der Waals surface area (Å²) in [7, 11) is 0. The Kier molecular flexibility index (Phi) is 7.69. The largest absolute Gasteiger partial charge is 0.467 e. The minimum Gasteiger partial charge on any atom is -0.467 e. The van der Waals surface area contributed by atoms with Crippen LogP contribution in [0.25, 0.3) is 0 Å². The molecule has 34 heavy (non-hydrogen) atoms. The second-order valence-electron chi connectivity index (χ2n) is 7.25. The van der Waals surface area contributed by atoms with Gasteiger partial charge < -0.3 is 9.73 Å². The van der Waals surface area contributed by atoms with E-state index in [4.69, 9.17) is 27.6 Å². The first-order valence-electron chi connectivity index (χ1n) is 10.0. The van der Waals surface area contributed by atoms with Gasteiger partial charge in [0, 0.05) is 20.2 Å². The molecule has 1 aromatic heterocycles. The van der Waals surface area contributed by atoms with Gasteiger partial charge in [0.1, 0.15) is 22.4 Å². The zero-order valence-electron chi connectivity index (χ0n) is 17.4. The van der Waals surface area contributed by atoms with Crippen LogP contribution in [0.4, 0.5) is 5.69 Å². The van der Waals surface area contributed by atoms with E-state index in [1.165, 1.54) is 11.2 Å². The summed E-state index contributed by atoms with van der Waals surface area (Å²) < 4.78 is 6.07. The molecule has 0 radical (unpaired) electrons. The number of carbonyl (C=O) groups is 2. The van der Waals surface area contributed by atoms with Crippen molar-refractivity contribution in [2.45, 2.75) is 18.2 Å². The maximum Gasteiger partial charge on any atom is 0.265 e. The summed E-state index contributed by atoms with van der Waals surface area (Å²) in [4.78, 5) is 27.9. The number of nitrogens with one attached hydrogen (secondary N) is 1. The SMILES string of the molecule is N#C/C(C(=O)NCc1ccco1)=C1/SC(Cc2cc(Cl)ccc2Cl)C(=O)N1c1ccc(Br)cc1. The van der Waals surface area contributed by atoms with E-state index in [2.05, 4.69) is 21.2 Å². The van der Waals surface area contributed by atoms with Crippen molar-refractivity contribution in [2.75, 3.05) is 4.90 Å². The van der Waals surface area contributed by atoms with Gasteiger partial charge in [-0.3, -0.25) is 14.5 Å². The minimum atomic E-state index is -0.601. The number of thioether (sulfide) groups is 1. The molecule has 1 aliphatic rings. The topological polar surface area (TPSA) is 86.3 Å². The molecule has 6 nitrogen and oxygen atoms in total. The Morgan fingerprint density at radius 1 is 1.21 bits per heavy atom. The first kappa shape index (κ1) is 24.4. The normalized spacial score (nSPS) is 16.9. The van der Waals surface area contributed by atoms with Crippen molar-refractivity contribution in [2.24, 2.45) is 0 Å². The van der Waals surface area contributed by atoms with Crippen molar-refractivity contribution >= 4 is 68.4 Å². The Labute approximate surface area is 218 Å². The number of nitrogens with zero attached hydrogens (tertiary/aromatic N) is 2. The third kappa shape index (κ3) is 5.34. The summed E-state index contributed by atoms with van der Waals surface area (Å²) >= 11 is 17.0. The Balaban J connectivity index is 1.70. The number of nitriles is 1. The summed E-state index contributed by atoms with van der Waals surface area (Å²) in [6.45, 7) is 0.114. The number of anilines is 1. The second-order valence-corrected chi connectivity index (χ2v) is 10.2. The average Bonchev–Trinajstić information content (AvgIpc) is 3.45. The molecular formula is C24H16BrCl2N3O3S. The van der Waals surface area contributed by atoms with Crippen LogP contribution in [-0.4, -0.2) is 17.1 Å². The number of furan rings is 1. The maximum absolute atomic E-state index is 13.5. The molecule has 0 aliphatic carbocycles. The van der Waals surface area contributed by atoms with Gasteiger partial charge in [-0.25, -0.2) is 0 Å². The van der Waals surface area contributed by atoms with Gasteiger partial charge in [-0.15, -0.1) is 0 Å². The number of hydrogen-bond donors (Lipinski definition) is 1. The van der Waals surface area contributed by atoms with Gasteiger partial charge in [-0.05, 0) is 66.6 Å². The molecule has 1 N–H and O–H groups in total. The van der Waals surface area contributed by atoms with Crippen LogP contribution in [0.2, 0.25) is 10.0 Å². The van der Waals surface area contributed by atoms with Gasteiger partial charge in [0.2, 0.25) is 5.91 Å². The van der Waals surface area contributed by atoms with Crippen LogP contribution >= 0.6 is 50.9 Å². The fourth-order valence-corrected chi connectivity index (χ4v) is 5.33. The smallest absolute Gasteiger partial charge is 0.265 e. The lowest BCUT2D eigenvalue weighted by Gasteiger charge is -2.19. The zero-order chi connectivity index (χ0) is 24.2. The van der Waals surface area contributed by atoms with E-state index in [9.17, 15) is 14.9 Å². The molecule has 1 unspecified atom stereocenters. The van der Waals surface area contributed by atoms with Gasteiger partial charge >= 0.3 is 0 Å². The molecule has 1 aliphatic heterocycles. The molecule has 0 bridgehead atoms. The Morgan fingerprint density at radius 2 is 1.97 bits per heavy atom. The number of carbonyl (C=O) groups excluding carboxylic acids is 2. The van der Waals surface area contributed by atoms with Crippen LogP contribution in [0.15, 0.2) is 80.4 Å². The predicted molar refractivity (Wildman–Crippen MR) is 136 cm³/mol. The number of hydrogen-bond acceptors (Lipinski definition) is 5. The van der Waals surface area contributed by atoms with Crippen LogP contribution in [0.3, 0.4) is 0 Å². The molecule has 2 heterocycles. The van der Waals surface area contributed by atoms with Crippen LogP contribution < -0.4 is 10.2 Å². The number of rotatable bonds is 6. The highest BCUT2D eigenvalue weighted by Gasteiger charge is 2.41. The summed E-state index contributed by atoms with van der Waals surface area (Å²) in [5.41, 5.74) is 1.09. The standard InChI is InChI=1S/C24H16BrCl2N3O3S/c25-15-3-6-17(7-4-15)30-23(32)21(11-14-10-16(26)5-8-20(14)27)34-24(30)19(12-28)22(31)29-13-18-2-1-9-33-18/h1-10,21H,11,13H2,(H,29,31)/b24-19-. The molecular weight excluding hydrogens is 561 g/mol. The van der Waals surface area contributed by atoms with Crippen LogP contribution in [0.5, 0.6) is 0 Å². The molecule has 2 amide bonds. The van der Waals surface area contributed by atoms with Crippen LogP contribution in [0, 0.1) is 11.3 Å². The highest BCUT2D eigenvalue weighted by Crippen LogP contribution is 2.42. The number of amides is 2. The van der Waals surface area contributed by atoms with Gasteiger partial charge in [0.15, 0.2) is 0 Å². The van der Waals surface area contributed by atoms with E-state index in [0.717, 1.165) is 16.2 Å². The van der Waals surface area contributed by atoms with Crippen molar-refractivity contribution in [3.63, 3.8) is 0 Å². The van der Waals surface area contributed by atoms with E-state index in [0.29, 0.717) is 27.1 Å². The second kappa shape index (κ2) is 10.7. The molecule has 172 valence electrons. The van der Waals surface area contributed by atoms with E-state index < -0.39 is 11.2 Å². The van der Waals surface area contributed by atoms with Crippen molar-refractivity contribution in [1.29, 1.82) is 5.26 Å². The Hall–Kier alpha value is -2.70. The lowest BCUT2D eigenvalue weighted by atomic mass is 10.1. The third-order valence-electron chi connectivity index (χ3n) is 5.01. The minimum absolute atomic E-state index is 0.114. The van der Waals surface area contributed by atoms with Crippen molar-refractivity contribution in [1.82, 2.24) is 5.32 Å². The summed E-state index contributed by atoms with van der Waals surface area (Å²) in [6, 6.07) is 17.5. The molecule has 4 rings (SSSR count). The molecule has 3 aromatic rings. The molecule has 1 fully saturated rings. The zero-order valence-corrected chi connectivity index (χ0v) is 21.3. The lowest BCUT2D eigenvalue weighted by molar-refractivity contribution is -0.117.